The monoisotopic (exact) mass is 220 g/mol. The third-order valence-electron chi connectivity index (χ3n) is 4.63. The van der Waals surface area contributed by atoms with Crippen molar-refractivity contribution in [3.8, 4) is 0 Å². The molecule has 2 aliphatic carbocycles. The molecule has 0 aromatic carbocycles. The van der Waals surface area contributed by atoms with Gasteiger partial charge in [-0.25, -0.2) is 0 Å². The Morgan fingerprint density at radius 2 is 2.12 bits per heavy atom. The zero-order chi connectivity index (χ0) is 11.9. The number of fused-ring (bicyclic) bond motifs is 1. The fraction of sp³-hybridized carbons (Fsp3) is 0.733. The quantitative estimate of drug-likeness (QED) is 0.668. The smallest absolute Gasteiger partial charge is 0.0922 e. The van der Waals surface area contributed by atoms with Crippen LogP contribution in [0.15, 0.2) is 23.8 Å². The Kier molecular flexibility index (Phi) is 3.00. The van der Waals surface area contributed by atoms with Crippen LogP contribution in [0.5, 0.6) is 0 Å². The van der Waals surface area contributed by atoms with E-state index in [1.807, 2.05) is 0 Å². The van der Waals surface area contributed by atoms with Crippen molar-refractivity contribution in [1.82, 2.24) is 0 Å². The number of allylic oxidation sites excluding steroid dienone is 1. The average molecular weight is 220 g/mol. The molecule has 0 bridgehead atoms. The summed E-state index contributed by atoms with van der Waals surface area (Å²) >= 11 is 0. The van der Waals surface area contributed by atoms with Gasteiger partial charge in [-0.1, -0.05) is 32.1 Å². The standard InChI is InChI=1S/C15H24O/c1-10(2)13-6-5-12(4)15(16)8-7-11(3)9-14(13)15/h9-10,13-14,16H,4-8H2,1-3H3/t13-,14-,15-/m0/s1. The highest BCUT2D eigenvalue weighted by molar-refractivity contribution is 5.27. The molecular formula is C15H24O. The predicted molar refractivity (Wildman–Crippen MR) is 68.1 cm³/mol. The van der Waals surface area contributed by atoms with Gasteiger partial charge in [0.15, 0.2) is 0 Å². The summed E-state index contributed by atoms with van der Waals surface area (Å²) in [5.74, 6) is 1.57. The van der Waals surface area contributed by atoms with Crippen molar-refractivity contribution in [2.24, 2.45) is 17.8 Å². The van der Waals surface area contributed by atoms with Gasteiger partial charge in [0.05, 0.1) is 5.60 Å². The van der Waals surface area contributed by atoms with Crippen molar-refractivity contribution in [1.29, 1.82) is 0 Å². The normalized spacial score (nSPS) is 39.6. The third-order valence-corrected chi connectivity index (χ3v) is 4.63. The Hall–Kier alpha value is -0.560. The van der Waals surface area contributed by atoms with Crippen molar-refractivity contribution in [2.45, 2.75) is 52.1 Å². The topological polar surface area (TPSA) is 20.2 Å². The first-order chi connectivity index (χ1) is 7.45. The Morgan fingerprint density at radius 3 is 2.75 bits per heavy atom. The summed E-state index contributed by atoms with van der Waals surface area (Å²) < 4.78 is 0. The molecule has 0 aromatic heterocycles. The molecule has 0 radical (unpaired) electrons. The molecule has 2 aliphatic rings. The van der Waals surface area contributed by atoms with Gasteiger partial charge in [0.2, 0.25) is 0 Å². The summed E-state index contributed by atoms with van der Waals surface area (Å²) in [5.41, 5.74) is 1.90. The summed E-state index contributed by atoms with van der Waals surface area (Å²) in [7, 11) is 0. The molecule has 0 saturated heterocycles. The van der Waals surface area contributed by atoms with Crippen LogP contribution in [0.1, 0.15) is 46.5 Å². The van der Waals surface area contributed by atoms with Crippen LogP contribution < -0.4 is 0 Å². The summed E-state index contributed by atoms with van der Waals surface area (Å²) in [6.45, 7) is 10.8. The third kappa shape index (κ3) is 1.75. The van der Waals surface area contributed by atoms with E-state index in [-0.39, 0.29) is 0 Å². The maximum absolute atomic E-state index is 10.9. The molecule has 0 aromatic rings. The minimum Gasteiger partial charge on any atom is -0.385 e. The molecule has 0 heterocycles. The first-order valence-electron chi connectivity index (χ1n) is 6.53. The molecule has 90 valence electrons. The molecule has 2 rings (SSSR count). The zero-order valence-corrected chi connectivity index (χ0v) is 10.8. The molecule has 0 unspecified atom stereocenters. The van der Waals surface area contributed by atoms with Crippen LogP contribution in [0, 0.1) is 17.8 Å². The average Bonchev–Trinajstić information content (AvgIpc) is 2.21. The second-order valence-electron chi connectivity index (χ2n) is 6.01. The fourth-order valence-corrected chi connectivity index (χ4v) is 3.46. The van der Waals surface area contributed by atoms with Gasteiger partial charge in [-0.3, -0.25) is 0 Å². The maximum atomic E-state index is 10.9. The molecule has 0 aliphatic heterocycles. The number of aliphatic hydroxyl groups is 1. The zero-order valence-electron chi connectivity index (χ0n) is 10.8. The van der Waals surface area contributed by atoms with Crippen LogP contribution in [0.2, 0.25) is 0 Å². The molecule has 1 heteroatoms. The Balaban J connectivity index is 2.36. The summed E-state index contributed by atoms with van der Waals surface area (Å²) in [6, 6.07) is 0. The first kappa shape index (κ1) is 11.9. The van der Waals surface area contributed by atoms with Crippen LogP contribution in [-0.4, -0.2) is 10.7 Å². The molecule has 1 nitrogen and oxygen atoms in total. The second kappa shape index (κ2) is 4.03. The van der Waals surface area contributed by atoms with Crippen molar-refractivity contribution in [3.05, 3.63) is 23.8 Å². The van der Waals surface area contributed by atoms with Crippen molar-refractivity contribution >= 4 is 0 Å². The predicted octanol–water partition coefficient (Wildman–Crippen LogP) is 3.70. The van der Waals surface area contributed by atoms with Crippen LogP contribution >= 0.6 is 0 Å². The molecule has 0 spiro atoms. The van der Waals surface area contributed by atoms with E-state index in [0.717, 1.165) is 24.8 Å². The van der Waals surface area contributed by atoms with Gasteiger partial charge < -0.3 is 5.11 Å². The van der Waals surface area contributed by atoms with Gasteiger partial charge >= 0.3 is 0 Å². The summed E-state index contributed by atoms with van der Waals surface area (Å²) in [6.07, 6.45) is 6.41. The van der Waals surface area contributed by atoms with Crippen LogP contribution in [0.4, 0.5) is 0 Å². The van der Waals surface area contributed by atoms with E-state index in [1.54, 1.807) is 0 Å². The minimum atomic E-state index is -0.604. The molecule has 16 heavy (non-hydrogen) atoms. The SMILES string of the molecule is C=C1CC[C@@H](C(C)C)[C@@H]2C=C(C)CC[C@]12O. The van der Waals surface area contributed by atoms with Crippen LogP contribution in [0.3, 0.4) is 0 Å². The van der Waals surface area contributed by atoms with Gasteiger partial charge in [-0.2, -0.15) is 0 Å². The van der Waals surface area contributed by atoms with Crippen molar-refractivity contribution in [2.75, 3.05) is 0 Å². The minimum absolute atomic E-state index is 0.308. The lowest BCUT2D eigenvalue weighted by molar-refractivity contribution is -0.0320. The lowest BCUT2D eigenvalue weighted by Gasteiger charge is -2.49. The van der Waals surface area contributed by atoms with Crippen molar-refractivity contribution in [3.63, 3.8) is 0 Å². The first-order valence-corrected chi connectivity index (χ1v) is 6.53. The van der Waals surface area contributed by atoms with Crippen molar-refractivity contribution < 1.29 is 5.11 Å². The molecule has 0 amide bonds. The Bertz CT molecular complexity index is 326. The lowest BCUT2D eigenvalue weighted by atomic mass is 9.59. The van der Waals surface area contributed by atoms with Gasteiger partial charge in [0.25, 0.3) is 0 Å². The van der Waals surface area contributed by atoms with Gasteiger partial charge in [-0.05, 0) is 50.0 Å². The molecule has 1 N–H and O–H groups in total. The van der Waals surface area contributed by atoms with Gasteiger partial charge in [0, 0.05) is 5.92 Å². The molecule has 1 saturated carbocycles. The molecule has 3 atom stereocenters. The number of hydrogen-bond acceptors (Lipinski definition) is 1. The second-order valence-corrected chi connectivity index (χ2v) is 6.01. The van der Waals surface area contributed by atoms with E-state index in [0.29, 0.717) is 17.8 Å². The van der Waals surface area contributed by atoms with E-state index in [2.05, 4.69) is 33.4 Å². The number of hydrogen-bond donors (Lipinski definition) is 1. The van der Waals surface area contributed by atoms with E-state index >= 15 is 0 Å². The number of rotatable bonds is 1. The molecule has 1 fully saturated rings. The van der Waals surface area contributed by atoms with E-state index in [9.17, 15) is 5.11 Å². The Labute approximate surface area is 99.3 Å². The van der Waals surface area contributed by atoms with E-state index < -0.39 is 5.60 Å². The summed E-state index contributed by atoms with van der Waals surface area (Å²) in [5, 5.41) is 10.9. The van der Waals surface area contributed by atoms with E-state index in [4.69, 9.17) is 0 Å². The maximum Gasteiger partial charge on any atom is 0.0922 e. The molecular weight excluding hydrogens is 196 g/mol. The Morgan fingerprint density at radius 1 is 1.44 bits per heavy atom. The lowest BCUT2D eigenvalue weighted by Crippen LogP contribution is -2.48. The highest BCUT2D eigenvalue weighted by atomic mass is 16.3. The van der Waals surface area contributed by atoms with E-state index in [1.165, 1.54) is 12.0 Å². The summed E-state index contributed by atoms with van der Waals surface area (Å²) in [4.78, 5) is 0. The largest absolute Gasteiger partial charge is 0.385 e. The highest BCUT2D eigenvalue weighted by Gasteiger charge is 2.47. The fourth-order valence-electron chi connectivity index (χ4n) is 3.46. The van der Waals surface area contributed by atoms with Crippen LogP contribution in [-0.2, 0) is 0 Å². The van der Waals surface area contributed by atoms with Crippen LogP contribution in [0.25, 0.3) is 0 Å². The highest BCUT2D eigenvalue weighted by Crippen LogP contribution is 2.49. The van der Waals surface area contributed by atoms with Gasteiger partial charge in [-0.15, -0.1) is 0 Å². The van der Waals surface area contributed by atoms with Gasteiger partial charge in [0.1, 0.15) is 0 Å².